The van der Waals surface area contributed by atoms with Crippen LogP contribution in [0.3, 0.4) is 0 Å². The number of rotatable bonds is 44. The van der Waals surface area contributed by atoms with Gasteiger partial charge in [0.05, 0.1) is 27.7 Å². The van der Waals surface area contributed by atoms with E-state index in [0.29, 0.717) is 17.4 Å². The molecular weight excluding hydrogens is 810 g/mol. The minimum atomic E-state index is -4.64. The number of phosphoric acid groups is 1. The molecule has 2 unspecified atom stereocenters. The second kappa shape index (κ2) is 44.4. The molecule has 2 atom stereocenters. The van der Waals surface area contributed by atoms with Gasteiger partial charge in [0.1, 0.15) is 19.8 Å². The second-order valence-corrected chi connectivity index (χ2v) is 18.9. The zero-order valence-corrected chi connectivity index (χ0v) is 41.6. The number of likely N-dealkylation sites (N-methyl/N-ethyl adjacent to an activating group) is 1. The van der Waals surface area contributed by atoms with Crippen molar-refractivity contribution in [3.8, 4) is 0 Å². The molecule has 0 aromatic heterocycles. The van der Waals surface area contributed by atoms with Crippen LogP contribution >= 0.6 is 7.82 Å². The van der Waals surface area contributed by atoms with Crippen LogP contribution in [-0.4, -0.2) is 70.0 Å². The molecule has 0 spiro atoms. The van der Waals surface area contributed by atoms with Crippen molar-refractivity contribution in [2.45, 2.75) is 193 Å². The Morgan fingerprint density at radius 2 is 0.905 bits per heavy atom. The van der Waals surface area contributed by atoms with Gasteiger partial charge in [0, 0.05) is 12.8 Å². The van der Waals surface area contributed by atoms with Crippen molar-refractivity contribution in [1.82, 2.24) is 0 Å². The van der Waals surface area contributed by atoms with Gasteiger partial charge < -0.3 is 27.9 Å². The number of unbranched alkanes of at least 4 members (excludes halogenated alkanes) is 16. The summed E-state index contributed by atoms with van der Waals surface area (Å²) in [6.45, 7) is 4.08. The minimum Gasteiger partial charge on any atom is -0.756 e. The molecule has 362 valence electrons. The Balaban J connectivity index is 4.30. The Kier molecular flexibility index (Phi) is 42.4. The van der Waals surface area contributed by atoms with Crippen LogP contribution in [0.15, 0.2) is 85.1 Å². The Hall–Kier alpha value is -2.81. The highest BCUT2D eigenvalue weighted by Crippen LogP contribution is 2.38. The van der Waals surface area contributed by atoms with Gasteiger partial charge in [0.2, 0.25) is 0 Å². The smallest absolute Gasteiger partial charge is 0.306 e. The summed E-state index contributed by atoms with van der Waals surface area (Å²) in [7, 11) is 1.14. The summed E-state index contributed by atoms with van der Waals surface area (Å²) in [4.78, 5) is 37.6. The zero-order chi connectivity index (χ0) is 46.4. The summed E-state index contributed by atoms with van der Waals surface area (Å²) >= 11 is 0. The third-order valence-corrected chi connectivity index (χ3v) is 11.1. The monoisotopic (exact) mass is 902 g/mol. The van der Waals surface area contributed by atoms with Crippen LogP contribution in [0, 0.1) is 0 Å². The number of hydrogen-bond donors (Lipinski definition) is 0. The quantitative estimate of drug-likeness (QED) is 0.0195. The van der Waals surface area contributed by atoms with E-state index in [9.17, 15) is 19.0 Å². The first-order valence-electron chi connectivity index (χ1n) is 24.8. The summed E-state index contributed by atoms with van der Waals surface area (Å²) < 4.78 is 33.9. The standard InChI is InChI=1S/C53H92NO8P/c1-6-8-10-12-14-16-18-20-21-22-23-24-25-26-27-28-29-30-31-32-33-34-36-38-40-42-44-46-53(56)62-51(50-61-63(57,58)60-48-47-54(3,4)5)49-59-52(55)45-43-41-39-37-35-19-17-15-13-11-9-7-2/h8,10,14,16,20-21,23-24,26-27,29-30,32-33,51H,6-7,9,11-13,15,17-19,22,25,28,31,34-50H2,1-5H3/b10-8-,16-14-,21-20-,24-23-,27-26-,30-29-,33-32-. The van der Waals surface area contributed by atoms with Gasteiger partial charge in [-0.05, 0) is 70.6 Å². The normalized spacial score (nSPS) is 14.2. The molecule has 0 aromatic rings. The van der Waals surface area contributed by atoms with Crippen LogP contribution in [0.4, 0.5) is 0 Å². The number of esters is 2. The molecule has 0 N–H and O–H groups in total. The van der Waals surface area contributed by atoms with Crippen molar-refractivity contribution in [3.63, 3.8) is 0 Å². The van der Waals surface area contributed by atoms with Gasteiger partial charge in [-0.1, -0.05) is 189 Å². The number of hydrogen-bond acceptors (Lipinski definition) is 8. The maximum absolute atomic E-state index is 12.7. The van der Waals surface area contributed by atoms with Crippen molar-refractivity contribution in [2.24, 2.45) is 0 Å². The van der Waals surface area contributed by atoms with Crippen LogP contribution in [0.25, 0.3) is 0 Å². The number of carbonyl (C=O) groups is 2. The summed E-state index contributed by atoms with van der Waals surface area (Å²) in [6, 6.07) is 0. The SMILES string of the molecule is CC/C=C\C/C=C\C/C=C\C/C=C\C/C=C\C/C=C\C/C=C\CCCCCCCC(=O)OC(COC(=O)CCCCCCCCCCCCCC)COP(=O)([O-])OCC[N+](C)(C)C. The van der Waals surface area contributed by atoms with Gasteiger partial charge in [-0.3, -0.25) is 14.2 Å². The molecule has 0 heterocycles. The van der Waals surface area contributed by atoms with Crippen molar-refractivity contribution < 1.29 is 42.1 Å². The third kappa shape index (κ3) is 48.5. The molecule has 10 heteroatoms. The maximum Gasteiger partial charge on any atom is 0.306 e. The number of nitrogens with zero attached hydrogens (tertiary/aromatic N) is 1. The molecule has 0 saturated carbocycles. The lowest BCUT2D eigenvalue weighted by molar-refractivity contribution is -0.870. The number of phosphoric ester groups is 1. The molecule has 0 radical (unpaired) electrons. The van der Waals surface area contributed by atoms with Gasteiger partial charge >= 0.3 is 11.9 Å². The van der Waals surface area contributed by atoms with E-state index in [-0.39, 0.29) is 26.1 Å². The molecule has 0 aliphatic carbocycles. The topological polar surface area (TPSA) is 111 Å². The van der Waals surface area contributed by atoms with E-state index >= 15 is 0 Å². The van der Waals surface area contributed by atoms with E-state index in [1.807, 2.05) is 21.1 Å². The molecule has 0 fully saturated rings. The fourth-order valence-corrected chi connectivity index (χ4v) is 7.07. The number of carbonyl (C=O) groups excluding carboxylic acids is 2. The van der Waals surface area contributed by atoms with E-state index < -0.39 is 32.5 Å². The predicted octanol–water partition coefficient (Wildman–Crippen LogP) is 14.1. The van der Waals surface area contributed by atoms with Gasteiger partial charge in [-0.2, -0.15) is 0 Å². The summed E-state index contributed by atoms with van der Waals surface area (Å²) in [5.41, 5.74) is 0. The summed E-state index contributed by atoms with van der Waals surface area (Å²) in [6.07, 6.45) is 57.6. The first kappa shape index (κ1) is 60.2. The first-order chi connectivity index (χ1) is 30.5. The van der Waals surface area contributed by atoms with E-state index in [1.54, 1.807) is 0 Å². The Bertz CT molecular complexity index is 1340. The highest BCUT2D eigenvalue weighted by atomic mass is 31.2. The molecule has 0 bridgehead atoms. The van der Waals surface area contributed by atoms with Crippen molar-refractivity contribution in [3.05, 3.63) is 85.1 Å². The number of quaternary nitrogens is 1. The minimum absolute atomic E-state index is 0.0383. The predicted molar refractivity (Wildman–Crippen MR) is 263 cm³/mol. The van der Waals surface area contributed by atoms with Crippen LogP contribution in [0.5, 0.6) is 0 Å². The zero-order valence-electron chi connectivity index (χ0n) is 40.7. The summed E-state index contributed by atoms with van der Waals surface area (Å²) in [5, 5.41) is 0. The van der Waals surface area contributed by atoms with E-state index in [2.05, 4.69) is 98.9 Å². The largest absolute Gasteiger partial charge is 0.756 e. The fraction of sp³-hybridized carbons (Fsp3) is 0.698. The molecule has 0 rings (SSSR count). The first-order valence-corrected chi connectivity index (χ1v) is 26.3. The summed E-state index contributed by atoms with van der Waals surface area (Å²) in [5.74, 6) is -0.860. The second-order valence-electron chi connectivity index (χ2n) is 17.5. The molecule has 0 aromatic carbocycles. The third-order valence-electron chi connectivity index (χ3n) is 10.2. The molecule has 0 saturated heterocycles. The Morgan fingerprint density at radius 3 is 1.35 bits per heavy atom. The highest BCUT2D eigenvalue weighted by molar-refractivity contribution is 7.45. The van der Waals surface area contributed by atoms with Crippen molar-refractivity contribution >= 4 is 19.8 Å². The van der Waals surface area contributed by atoms with E-state index in [1.165, 1.54) is 57.8 Å². The van der Waals surface area contributed by atoms with Crippen LogP contribution in [-0.2, 0) is 32.7 Å². The van der Waals surface area contributed by atoms with E-state index in [0.717, 1.165) is 96.3 Å². The van der Waals surface area contributed by atoms with Gasteiger partial charge in [0.25, 0.3) is 7.82 Å². The van der Waals surface area contributed by atoms with Crippen LogP contribution in [0.2, 0.25) is 0 Å². The lowest BCUT2D eigenvalue weighted by atomic mass is 10.0. The van der Waals surface area contributed by atoms with Gasteiger partial charge in [0.15, 0.2) is 6.10 Å². The van der Waals surface area contributed by atoms with Crippen molar-refractivity contribution in [1.29, 1.82) is 0 Å². The van der Waals surface area contributed by atoms with E-state index in [4.69, 9.17) is 18.5 Å². The number of ether oxygens (including phenoxy) is 2. The molecular formula is C53H92NO8P. The number of allylic oxidation sites excluding steroid dienone is 14. The Labute approximate surface area is 386 Å². The molecule has 9 nitrogen and oxygen atoms in total. The van der Waals surface area contributed by atoms with Gasteiger partial charge in [-0.15, -0.1) is 0 Å². The Morgan fingerprint density at radius 1 is 0.508 bits per heavy atom. The van der Waals surface area contributed by atoms with Crippen LogP contribution in [0.1, 0.15) is 187 Å². The fourth-order valence-electron chi connectivity index (χ4n) is 6.34. The maximum atomic E-state index is 12.7. The molecule has 0 aliphatic heterocycles. The lowest BCUT2D eigenvalue weighted by Crippen LogP contribution is -2.37. The average molecular weight is 902 g/mol. The molecule has 0 aliphatic rings. The average Bonchev–Trinajstić information content (AvgIpc) is 3.24. The van der Waals surface area contributed by atoms with Crippen molar-refractivity contribution in [2.75, 3.05) is 47.5 Å². The van der Waals surface area contributed by atoms with Crippen LogP contribution < -0.4 is 4.89 Å². The molecule has 63 heavy (non-hydrogen) atoms. The highest BCUT2D eigenvalue weighted by Gasteiger charge is 2.21. The molecule has 0 amide bonds. The van der Waals surface area contributed by atoms with Gasteiger partial charge in [-0.25, -0.2) is 0 Å². The lowest BCUT2D eigenvalue weighted by Gasteiger charge is -2.28.